The van der Waals surface area contributed by atoms with Crippen LogP contribution in [0, 0.1) is 16.2 Å². The Morgan fingerprint density at radius 3 is 1.67 bits per heavy atom. The van der Waals surface area contributed by atoms with E-state index in [2.05, 4.69) is 53.8 Å². The van der Waals surface area contributed by atoms with Gasteiger partial charge in [-0.2, -0.15) is 0 Å². The summed E-state index contributed by atoms with van der Waals surface area (Å²) < 4.78 is 0. The number of hydrogen-bond donors (Lipinski definition) is 2. The molecular weight excluding hydrogens is 186 g/mol. The summed E-state index contributed by atoms with van der Waals surface area (Å²) in [6.45, 7) is 17.6. The van der Waals surface area contributed by atoms with Gasteiger partial charge in [-0.3, -0.25) is 0 Å². The van der Waals surface area contributed by atoms with Crippen LogP contribution in [0.2, 0.25) is 0 Å². The second-order valence-corrected chi connectivity index (χ2v) is 7.06. The van der Waals surface area contributed by atoms with Crippen LogP contribution in [0.3, 0.4) is 0 Å². The molecule has 0 heterocycles. The summed E-state index contributed by atoms with van der Waals surface area (Å²) in [6, 6.07) is 0. The van der Waals surface area contributed by atoms with Crippen LogP contribution >= 0.6 is 0 Å². The first-order chi connectivity index (χ1) is 6.52. The second kappa shape index (κ2) is 4.84. The summed E-state index contributed by atoms with van der Waals surface area (Å²) in [5.74, 6) is 0. The van der Waals surface area contributed by atoms with Gasteiger partial charge in [0.2, 0.25) is 0 Å². The molecule has 0 unspecified atom stereocenters. The first kappa shape index (κ1) is 14.9. The highest BCUT2D eigenvalue weighted by atomic mass is 16.3. The Kier molecular flexibility index (Phi) is 4.81. The van der Waals surface area contributed by atoms with Gasteiger partial charge in [0.25, 0.3) is 0 Å². The van der Waals surface area contributed by atoms with Gasteiger partial charge in [-0.1, -0.05) is 48.5 Å². The third-order valence-corrected chi connectivity index (χ3v) is 3.63. The number of rotatable bonds is 5. The molecule has 0 rings (SSSR count). The van der Waals surface area contributed by atoms with Crippen molar-refractivity contribution in [1.29, 1.82) is 0 Å². The quantitative estimate of drug-likeness (QED) is 0.739. The van der Waals surface area contributed by atoms with Crippen molar-refractivity contribution in [3.05, 3.63) is 0 Å². The zero-order valence-corrected chi connectivity index (χ0v) is 11.6. The molecule has 0 spiro atoms. The van der Waals surface area contributed by atoms with E-state index >= 15 is 0 Å². The van der Waals surface area contributed by atoms with Crippen LogP contribution in [-0.2, 0) is 0 Å². The van der Waals surface area contributed by atoms with Gasteiger partial charge in [0.15, 0.2) is 0 Å². The standard InChI is InChI=1S/C13H29NO/c1-11(2,3)13(6,7)9-14-8-12(4,5)10-15/h14-15H,8-10H2,1-7H3. The average molecular weight is 215 g/mol. The molecule has 0 aromatic heterocycles. The van der Waals surface area contributed by atoms with E-state index in [9.17, 15) is 0 Å². The summed E-state index contributed by atoms with van der Waals surface area (Å²) in [7, 11) is 0. The lowest BCUT2D eigenvalue weighted by molar-refractivity contribution is 0.112. The lowest BCUT2D eigenvalue weighted by atomic mass is 9.69. The molecule has 0 saturated carbocycles. The highest BCUT2D eigenvalue weighted by molar-refractivity contribution is 4.85. The van der Waals surface area contributed by atoms with E-state index in [0.29, 0.717) is 5.41 Å². The molecule has 0 aliphatic carbocycles. The fourth-order valence-corrected chi connectivity index (χ4v) is 1.03. The Balaban J connectivity index is 4.07. The fraction of sp³-hybridized carbons (Fsp3) is 1.00. The predicted octanol–water partition coefficient (Wildman–Crippen LogP) is 2.67. The van der Waals surface area contributed by atoms with E-state index in [-0.39, 0.29) is 17.4 Å². The lowest BCUT2D eigenvalue weighted by Gasteiger charge is -2.40. The minimum absolute atomic E-state index is 0.0199. The fourth-order valence-electron chi connectivity index (χ4n) is 1.03. The van der Waals surface area contributed by atoms with Gasteiger partial charge in [-0.05, 0) is 10.8 Å². The van der Waals surface area contributed by atoms with E-state index in [4.69, 9.17) is 5.11 Å². The maximum atomic E-state index is 9.14. The van der Waals surface area contributed by atoms with Crippen LogP contribution < -0.4 is 5.32 Å². The number of hydrogen-bond acceptors (Lipinski definition) is 2. The van der Waals surface area contributed by atoms with Crippen molar-refractivity contribution in [1.82, 2.24) is 5.32 Å². The number of nitrogens with one attached hydrogen (secondary N) is 1. The Morgan fingerprint density at radius 1 is 0.867 bits per heavy atom. The molecule has 0 aliphatic rings. The van der Waals surface area contributed by atoms with Gasteiger partial charge in [-0.15, -0.1) is 0 Å². The Bertz CT molecular complexity index is 189. The average Bonchev–Trinajstić information content (AvgIpc) is 2.01. The number of aliphatic hydroxyl groups excluding tert-OH is 1. The lowest BCUT2D eigenvalue weighted by Crippen LogP contribution is -2.43. The molecule has 0 aliphatic heterocycles. The SMILES string of the molecule is CC(C)(CO)CNCC(C)(C)C(C)(C)C. The molecule has 0 aromatic carbocycles. The van der Waals surface area contributed by atoms with Crippen LogP contribution in [0.4, 0.5) is 0 Å². The molecule has 0 amide bonds. The van der Waals surface area contributed by atoms with Crippen molar-refractivity contribution >= 4 is 0 Å². The summed E-state index contributed by atoms with van der Waals surface area (Å²) in [6.07, 6.45) is 0. The molecule has 0 aromatic rings. The third kappa shape index (κ3) is 4.98. The smallest absolute Gasteiger partial charge is 0.0494 e. The van der Waals surface area contributed by atoms with Gasteiger partial charge >= 0.3 is 0 Å². The van der Waals surface area contributed by atoms with Gasteiger partial charge < -0.3 is 10.4 Å². The zero-order valence-electron chi connectivity index (χ0n) is 11.6. The highest BCUT2D eigenvalue weighted by Crippen LogP contribution is 2.37. The van der Waals surface area contributed by atoms with E-state index in [1.54, 1.807) is 0 Å². The van der Waals surface area contributed by atoms with Crippen molar-refractivity contribution in [3.63, 3.8) is 0 Å². The minimum atomic E-state index is -0.0199. The summed E-state index contributed by atoms with van der Waals surface area (Å²) >= 11 is 0. The first-order valence-electron chi connectivity index (χ1n) is 5.83. The van der Waals surface area contributed by atoms with Crippen molar-refractivity contribution in [2.75, 3.05) is 19.7 Å². The van der Waals surface area contributed by atoms with Gasteiger partial charge in [0, 0.05) is 25.1 Å². The molecule has 2 N–H and O–H groups in total. The summed E-state index contributed by atoms with van der Waals surface area (Å²) in [5.41, 5.74) is 0.538. The van der Waals surface area contributed by atoms with Gasteiger partial charge in [-0.25, -0.2) is 0 Å². The molecule has 0 fully saturated rings. The Hall–Kier alpha value is -0.0800. The van der Waals surface area contributed by atoms with Crippen LogP contribution in [0.15, 0.2) is 0 Å². The molecule has 0 saturated heterocycles. The molecule has 2 heteroatoms. The Labute approximate surface area is 95.5 Å². The van der Waals surface area contributed by atoms with E-state index < -0.39 is 0 Å². The molecule has 92 valence electrons. The Morgan fingerprint density at radius 2 is 1.33 bits per heavy atom. The second-order valence-electron chi connectivity index (χ2n) is 7.06. The van der Waals surface area contributed by atoms with Crippen LogP contribution in [0.5, 0.6) is 0 Å². The molecule has 15 heavy (non-hydrogen) atoms. The van der Waals surface area contributed by atoms with E-state index in [1.165, 1.54) is 0 Å². The normalized spacial score (nSPS) is 14.4. The summed E-state index contributed by atoms with van der Waals surface area (Å²) in [4.78, 5) is 0. The highest BCUT2D eigenvalue weighted by Gasteiger charge is 2.32. The van der Waals surface area contributed by atoms with Gasteiger partial charge in [0.05, 0.1) is 0 Å². The largest absolute Gasteiger partial charge is 0.396 e. The van der Waals surface area contributed by atoms with Crippen LogP contribution in [0.25, 0.3) is 0 Å². The van der Waals surface area contributed by atoms with Crippen molar-refractivity contribution < 1.29 is 5.11 Å². The van der Waals surface area contributed by atoms with Gasteiger partial charge in [0.1, 0.15) is 0 Å². The topological polar surface area (TPSA) is 32.3 Å². The molecule has 0 bridgehead atoms. The molecule has 0 atom stereocenters. The maximum Gasteiger partial charge on any atom is 0.0494 e. The zero-order chi connectivity index (χ0) is 12.3. The molecule has 2 nitrogen and oxygen atoms in total. The minimum Gasteiger partial charge on any atom is -0.396 e. The number of aliphatic hydroxyl groups is 1. The van der Waals surface area contributed by atoms with Crippen LogP contribution in [-0.4, -0.2) is 24.8 Å². The predicted molar refractivity (Wildman–Crippen MR) is 67.0 cm³/mol. The van der Waals surface area contributed by atoms with Crippen molar-refractivity contribution in [2.24, 2.45) is 16.2 Å². The van der Waals surface area contributed by atoms with Crippen molar-refractivity contribution in [3.8, 4) is 0 Å². The summed E-state index contributed by atoms with van der Waals surface area (Å²) in [5, 5.41) is 12.6. The molecule has 0 radical (unpaired) electrons. The third-order valence-electron chi connectivity index (χ3n) is 3.63. The van der Waals surface area contributed by atoms with Crippen LogP contribution in [0.1, 0.15) is 48.5 Å². The maximum absolute atomic E-state index is 9.14. The first-order valence-corrected chi connectivity index (χ1v) is 5.83. The molecular formula is C13H29NO. The monoisotopic (exact) mass is 215 g/mol. The van der Waals surface area contributed by atoms with E-state index in [0.717, 1.165) is 13.1 Å². The van der Waals surface area contributed by atoms with Crippen molar-refractivity contribution in [2.45, 2.75) is 48.5 Å². The van der Waals surface area contributed by atoms with E-state index in [1.807, 2.05) is 0 Å².